The molecule has 176 valence electrons. The molecule has 0 bridgehead atoms. The van der Waals surface area contributed by atoms with Crippen LogP contribution in [0.3, 0.4) is 0 Å². The third kappa shape index (κ3) is 5.20. The highest BCUT2D eigenvalue weighted by molar-refractivity contribution is 6.06. The van der Waals surface area contributed by atoms with Gasteiger partial charge in [0.25, 0.3) is 0 Å². The third-order valence-corrected chi connectivity index (χ3v) is 5.40. The van der Waals surface area contributed by atoms with Gasteiger partial charge in [-0.15, -0.1) is 0 Å². The number of hydrogen-bond donors (Lipinski definition) is 3. The Bertz CT molecular complexity index is 1280. The van der Waals surface area contributed by atoms with E-state index < -0.39 is 5.82 Å². The number of para-hydroxylation sites is 1. The minimum atomic E-state index is -0.395. The number of nitrogen functional groups attached to an aromatic ring is 1. The number of amides is 2. The molecule has 2 aromatic heterocycles. The number of carbonyl (C=O) groups excluding carboxylic acids is 1. The molecular formula is C24H31FN6O2. The van der Waals surface area contributed by atoms with Gasteiger partial charge in [-0.1, -0.05) is 24.3 Å². The van der Waals surface area contributed by atoms with E-state index in [4.69, 9.17) is 15.5 Å². The summed E-state index contributed by atoms with van der Waals surface area (Å²) in [6, 6.07) is 13.3. The number of ether oxygens (including phenoxy) is 1. The SMILES string of the molecule is COCCc1nc2c(N)nc3ccccc3c2n1CCCCNC(=O)Nc1cccc(F)c1.[HH].[HH]. The van der Waals surface area contributed by atoms with Crippen LogP contribution in [0.25, 0.3) is 21.9 Å². The van der Waals surface area contributed by atoms with Gasteiger partial charge in [-0.2, -0.15) is 0 Å². The van der Waals surface area contributed by atoms with Gasteiger partial charge in [0.2, 0.25) is 0 Å². The summed E-state index contributed by atoms with van der Waals surface area (Å²) in [6.45, 7) is 1.76. The van der Waals surface area contributed by atoms with Gasteiger partial charge in [0.05, 0.1) is 17.6 Å². The van der Waals surface area contributed by atoms with Gasteiger partial charge in [-0.25, -0.2) is 19.2 Å². The molecule has 2 amide bonds. The predicted octanol–water partition coefficient (Wildman–Crippen LogP) is 4.59. The first-order valence-electron chi connectivity index (χ1n) is 10.9. The normalized spacial score (nSPS) is 11.2. The van der Waals surface area contributed by atoms with Gasteiger partial charge >= 0.3 is 6.03 Å². The number of methoxy groups -OCH3 is 1. The topological polar surface area (TPSA) is 107 Å². The largest absolute Gasteiger partial charge is 0.384 e. The zero-order valence-corrected chi connectivity index (χ0v) is 18.5. The molecule has 4 rings (SSSR count). The quantitative estimate of drug-likeness (QED) is 0.321. The van der Waals surface area contributed by atoms with E-state index in [1.807, 2.05) is 24.3 Å². The summed E-state index contributed by atoms with van der Waals surface area (Å²) in [5, 5.41) is 6.44. The molecule has 0 fully saturated rings. The van der Waals surface area contributed by atoms with E-state index in [0.717, 1.165) is 41.6 Å². The number of halogens is 1. The van der Waals surface area contributed by atoms with Crippen LogP contribution in [0.5, 0.6) is 0 Å². The monoisotopic (exact) mass is 454 g/mol. The first-order valence-corrected chi connectivity index (χ1v) is 10.9. The number of urea groups is 1. The first-order chi connectivity index (χ1) is 16.1. The lowest BCUT2D eigenvalue weighted by molar-refractivity contribution is 0.199. The number of anilines is 2. The molecule has 0 saturated heterocycles. The zero-order chi connectivity index (χ0) is 23.2. The number of hydrogen-bond acceptors (Lipinski definition) is 5. The number of nitrogens with two attached hydrogens (primary N) is 1. The van der Waals surface area contributed by atoms with E-state index in [9.17, 15) is 9.18 Å². The lowest BCUT2D eigenvalue weighted by Crippen LogP contribution is -2.29. The van der Waals surface area contributed by atoms with Crippen molar-refractivity contribution in [1.82, 2.24) is 19.9 Å². The average molecular weight is 455 g/mol. The second-order valence-corrected chi connectivity index (χ2v) is 7.73. The minimum absolute atomic E-state index is 0. The summed E-state index contributed by atoms with van der Waals surface area (Å²) in [5.74, 6) is 0.915. The van der Waals surface area contributed by atoms with E-state index in [0.29, 0.717) is 36.6 Å². The van der Waals surface area contributed by atoms with Crippen LogP contribution in [-0.4, -0.2) is 40.8 Å². The Kier molecular flexibility index (Phi) is 6.99. The Labute approximate surface area is 193 Å². The second kappa shape index (κ2) is 10.3. The molecule has 0 aliphatic rings. The van der Waals surface area contributed by atoms with Crippen LogP contribution in [0.4, 0.5) is 20.7 Å². The predicted molar refractivity (Wildman–Crippen MR) is 132 cm³/mol. The van der Waals surface area contributed by atoms with Crippen molar-refractivity contribution in [1.29, 1.82) is 0 Å². The minimum Gasteiger partial charge on any atom is -0.384 e. The number of fused-ring (bicyclic) bond motifs is 3. The number of nitrogens with zero attached hydrogens (tertiary/aromatic N) is 3. The van der Waals surface area contributed by atoms with E-state index in [1.54, 1.807) is 19.2 Å². The van der Waals surface area contributed by atoms with Crippen molar-refractivity contribution in [3.8, 4) is 0 Å². The van der Waals surface area contributed by atoms with Gasteiger partial charge in [0.15, 0.2) is 5.82 Å². The molecule has 0 radical (unpaired) electrons. The van der Waals surface area contributed by atoms with E-state index >= 15 is 0 Å². The molecule has 9 heteroatoms. The highest BCUT2D eigenvalue weighted by Gasteiger charge is 2.17. The fourth-order valence-electron chi connectivity index (χ4n) is 3.87. The van der Waals surface area contributed by atoms with Crippen molar-refractivity contribution in [2.75, 3.05) is 31.3 Å². The molecular weight excluding hydrogens is 423 g/mol. The molecule has 0 aliphatic heterocycles. The lowest BCUT2D eigenvalue weighted by atomic mass is 10.2. The van der Waals surface area contributed by atoms with Crippen LogP contribution in [-0.2, 0) is 17.7 Å². The maximum absolute atomic E-state index is 13.2. The Morgan fingerprint density at radius 2 is 2.03 bits per heavy atom. The van der Waals surface area contributed by atoms with Gasteiger partial charge in [-0.3, -0.25) is 0 Å². The number of rotatable bonds is 9. The molecule has 0 spiro atoms. The van der Waals surface area contributed by atoms with Gasteiger partial charge in [0, 0.05) is 40.5 Å². The van der Waals surface area contributed by atoms with E-state index in [1.165, 1.54) is 12.1 Å². The molecule has 33 heavy (non-hydrogen) atoms. The number of aryl methyl sites for hydroxylation is 1. The summed E-state index contributed by atoms with van der Waals surface area (Å²) in [6.07, 6.45) is 2.24. The summed E-state index contributed by atoms with van der Waals surface area (Å²) >= 11 is 0. The maximum atomic E-state index is 13.2. The Morgan fingerprint density at radius 1 is 1.18 bits per heavy atom. The molecule has 4 aromatic rings. The number of unbranched alkanes of at least 4 members (excludes halogenated alkanes) is 1. The molecule has 0 saturated carbocycles. The highest BCUT2D eigenvalue weighted by atomic mass is 19.1. The molecule has 4 N–H and O–H groups in total. The van der Waals surface area contributed by atoms with Crippen LogP contribution in [0, 0.1) is 5.82 Å². The second-order valence-electron chi connectivity index (χ2n) is 7.73. The van der Waals surface area contributed by atoms with Crippen molar-refractivity contribution < 1.29 is 16.8 Å². The number of aromatic nitrogens is 3. The van der Waals surface area contributed by atoms with Crippen LogP contribution in [0.15, 0.2) is 48.5 Å². The Balaban J connectivity index is 0.00000216. The summed E-state index contributed by atoms with van der Waals surface area (Å²) < 4.78 is 20.7. The molecule has 0 atom stereocenters. The Morgan fingerprint density at radius 3 is 2.85 bits per heavy atom. The summed E-state index contributed by atoms with van der Waals surface area (Å²) in [5.41, 5.74) is 9.14. The third-order valence-electron chi connectivity index (χ3n) is 5.40. The average Bonchev–Trinajstić information content (AvgIpc) is 3.17. The zero-order valence-electron chi connectivity index (χ0n) is 18.5. The summed E-state index contributed by atoms with van der Waals surface area (Å²) in [7, 11) is 1.67. The molecule has 0 aliphatic carbocycles. The highest BCUT2D eigenvalue weighted by Crippen LogP contribution is 2.29. The lowest BCUT2D eigenvalue weighted by Gasteiger charge is -2.12. The van der Waals surface area contributed by atoms with Crippen molar-refractivity contribution >= 4 is 39.5 Å². The maximum Gasteiger partial charge on any atom is 0.319 e. The molecule has 2 heterocycles. The Hall–Kier alpha value is -3.72. The van der Waals surface area contributed by atoms with Crippen molar-refractivity contribution in [3.05, 3.63) is 60.2 Å². The van der Waals surface area contributed by atoms with Gasteiger partial charge in [0.1, 0.15) is 17.2 Å². The standard InChI is InChI=1S/C24H27FN6O2.2H2/c1-33-14-11-20-30-21-22(18-9-2-3-10-19(18)29-23(21)26)31(20)13-5-4-12-27-24(32)28-17-8-6-7-16(25)15-17;;/h2-3,6-10,15H,4-5,11-14H2,1H3,(H2,26,29)(H2,27,28,32);2*1H. The molecule has 8 nitrogen and oxygen atoms in total. The number of benzene rings is 2. The smallest absolute Gasteiger partial charge is 0.319 e. The molecule has 0 unspecified atom stereocenters. The molecule has 2 aromatic carbocycles. The van der Waals surface area contributed by atoms with Crippen molar-refractivity contribution in [2.45, 2.75) is 25.8 Å². The number of pyridine rings is 1. The van der Waals surface area contributed by atoms with Crippen molar-refractivity contribution in [3.63, 3.8) is 0 Å². The number of carbonyl (C=O) groups is 1. The van der Waals surface area contributed by atoms with Gasteiger partial charge in [-0.05, 0) is 37.1 Å². The van der Waals surface area contributed by atoms with Crippen LogP contribution < -0.4 is 16.4 Å². The van der Waals surface area contributed by atoms with E-state index in [-0.39, 0.29) is 8.88 Å². The van der Waals surface area contributed by atoms with Crippen LogP contribution in [0.2, 0.25) is 0 Å². The number of nitrogens with one attached hydrogen (secondary N) is 2. The number of imidazole rings is 1. The van der Waals surface area contributed by atoms with E-state index in [2.05, 4.69) is 20.2 Å². The van der Waals surface area contributed by atoms with Crippen LogP contribution >= 0.6 is 0 Å². The van der Waals surface area contributed by atoms with Crippen molar-refractivity contribution in [2.24, 2.45) is 0 Å². The van der Waals surface area contributed by atoms with Crippen LogP contribution in [0.1, 0.15) is 21.5 Å². The van der Waals surface area contributed by atoms with Gasteiger partial charge < -0.3 is 25.7 Å². The fourth-order valence-corrected chi connectivity index (χ4v) is 3.87. The fraction of sp³-hybridized carbons (Fsp3) is 0.292. The summed E-state index contributed by atoms with van der Waals surface area (Å²) in [4.78, 5) is 21.3. The first kappa shape index (κ1) is 22.5.